The van der Waals surface area contributed by atoms with E-state index in [1.54, 1.807) is 0 Å². The summed E-state index contributed by atoms with van der Waals surface area (Å²) >= 11 is 0. The van der Waals surface area contributed by atoms with E-state index in [1.165, 1.54) is 0 Å². The second-order valence-corrected chi connectivity index (χ2v) is 4.67. The first kappa shape index (κ1) is 14.3. The highest BCUT2D eigenvalue weighted by atomic mass is 19.2. The smallest absolute Gasteiger partial charge is 0.194 e. The van der Waals surface area contributed by atoms with E-state index >= 15 is 0 Å². The average molecular weight is 275 g/mol. The summed E-state index contributed by atoms with van der Waals surface area (Å²) in [5.74, 6) is -4.02. The molecule has 2 N–H and O–H groups in total. The van der Waals surface area contributed by atoms with E-state index in [2.05, 4.69) is 5.32 Å². The molecule has 19 heavy (non-hydrogen) atoms. The Morgan fingerprint density at radius 2 is 2.00 bits per heavy atom. The quantitative estimate of drug-likeness (QED) is 0.825. The van der Waals surface area contributed by atoms with Crippen LogP contribution in [0.15, 0.2) is 12.1 Å². The molecule has 0 saturated carbocycles. The minimum Gasteiger partial charge on any atom is -0.394 e. The summed E-state index contributed by atoms with van der Waals surface area (Å²) in [7, 11) is 0. The molecule has 2 rings (SSSR count). The van der Waals surface area contributed by atoms with Crippen LogP contribution >= 0.6 is 0 Å². The Bertz CT molecular complexity index is 433. The third kappa shape index (κ3) is 3.08. The predicted octanol–water partition coefficient (Wildman–Crippen LogP) is 1.90. The van der Waals surface area contributed by atoms with Crippen molar-refractivity contribution < 1.29 is 23.0 Å². The van der Waals surface area contributed by atoms with Crippen LogP contribution in [0.4, 0.5) is 13.2 Å². The maximum absolute atomic E-state index is 13.2. The first-order chi connectivity index (χ1) is 9.02. The minimum atomic E-state index is -1.50. The predicted molar refractivity (Wildman–Crippen MR) is 63.1 cm³/mol. The van der Waals surface area contributed by atoms with Crippen LogP contribution in [0.25, 0.3) is 0 Å². The number of benzene rings is 1. The Kier molecular flexibility index (Phi) is 4.44. The summed E-state index contributed by atoms with van der Waals surface area (Å²) in [5.41, 5.74) is 0.179. The van der Waals surface area contributed by atoms with Gasteiger partial charge in [-0.1, -0.05) is 0 Å². The average Bonchev–Trinajstić information content (AvgIpc) is 2.78. The fourth-order valence-electron chi connectivity index (χ4n) is 2.24. The fraction of sp³-hybridized carbons (Fsp3) is 0.538. The molecule has 0 amide bonds. The summed E-state index contributed by atoms with van der Waals surface area (Å²) in [6, 6.07) is 1.13. The number of aliphatic hydroxyl groups excluding tert-OH is 1. The van der Waals surface area contributed by atoms with E-state index in [0.717, 1.165) is 18.6 Å². The van der Waals surface area contributed by atoms with Gasteiger partial charge < -0.3 is 15.2 Å². The van der Waals surface area contributed by atoms with Crippen molar-refractivity contribution in [2.24, 2.45) is 0 Å². The molecule has 106 valence electrons. The molecule has 1 aliphatic rings. The Labute approximate surface area is 109 Å². The molecule has 0 aromatic heterocycles. The van der Waals surface area contributed by atoms with Crippen LogP contribution in [-0.4, -0.2) is 30.5 Å². The van der Waals surface area contributed by atoms with Crippen molar-refractivity contribution >= 4 is 0 Å². The molecule has 0 aliphatic carbocycles. The highest BCUT2D eigenvalue weighted by molar-refractivity contribution is 5.23. The van der Waals surface area contributed by atoms with E-state index in [9.17, 15) is 18.3 Å². The molecule has 6 heteroatoms. The lowest BCUT2D eigenvalue weighted by molar-refractivity contribution is 0.107. The van der Waals surface area contributed by atoms with Gasteiger partial charge in [0.05, 0.1) is 18.8 Å². The lowest BCUT2D eigenvalue weighted by atomic mass is 10.0. The topological polar surface area (TPSA) is 41.5 Å². The molecule has 1 aromatic carbocycles. The van der Waals surface area contributed by atoms with Gasteiger partial charge in [-0.3, -0.25) is 0 Å². The number of ether oxygens (including phenoxy) is 1. The molecule has 1 fully saturated rings. The van der Waals surface area contributed by atoms with Gasteiger partial charge in [-0.2, -0.15) is 0 Å². The normalized spacial score (nSPS) is 24.7. The second-order valence-electron chi connectivity index (χ2n) is 4.67. The maximum atomic E-state index is 13.2. The van der Waals surface area contributed by atoms with Crippen molar-refractivity contribution in [3.05, 3.63) is 35.1 Å². The number of hydrogen-bond acceptors (Lipinski definition) is 3. The van der Waals surface area contributed by atoms with E-state index in [1.807, 2.05) is 6.92 Å². The van der Waals surface area contributed by atoms with Gasteiger partial charge in [0.25, 0.3) is 0 Å². The number of halogens is 3. The molecule has 3 nitrogen and oxygen atoms in total. The van der Waals surface area contributed by atoms with Crippen molar-refractivity contribution in [2.45, 2.75) is 31.5 Å². The lowest BCUT2D eigenvalue weighted by Gasteiger charge is -2.23. The molecule has 3 unspecified atom stereocenters. The summed E-state index contributed by atoms with van der Waals surface area (Å²) < 4.78 is 44.6. The SMILES string of the molecule is CC1OCCC1NC(CO)c1cc(F)c(F)c(F)c1. The molecule has 0 spiro atoms. The highest BCUT2D eigenvalue weighted by Gasteiger charge is 2.27. The molecule has 1 heterocycles. The van der Waals surface area contributed by atoms with Crippen LogP contribution in [0, 0.1) is 17.5 Å². The van der Waals surface area contributed by atoms with Crippen molar-refractivity contribution in [1.29, 1.82) is 0 Å². The minimum absolute atomic E-state index is 0.00618. The summed E-state index contributed by atoms with van der Waals surface area (Å²) in [5, 5.41) is 12.4. The van der Waals surface area contributed by atoms with Crippen LogP contribution in [-0.2, 0) is 4.74 Å². The Balaban J connectivity index is 2.17. The Morgan fingerprint density at radius 1 is 1.37 bits per heavy atom. The standard InChI is InChI=1S/C13H16F3NO2/c1-7-11(2-3-19-7)17-12(6-18)8-4-9(14)13(16)10(15)5-8/h4-5,7,11-12,17-18H,2-3,6H2,1H3. The van der Waals surface area contributed by atoms with Gasteiger partial charge in [0, 0.05) is 12.6 Å². The second kappa shape index (κ2) is 5.90. The third-order valence-electron chi connectivity index (χ3n) is 3.38. The molecule has 1 aliphatic heterocycles. The van der Waals surface area contributed by atoms with E-state index in [-0.39, 0.29) is 24.3 Å². The van der Waals surface area contributed by atoms with E-state index < -0.39 is 23.5 Å². The highest BCUT2D eigenvalue weighted by Crippen LogP contribution is 2.22. The Morgan fingerprint density at radius 3 is 2.47 bits per heavy atom. The van der Waals surface area contributed by atoms with Gasteiger partial charge in [-0.25, -0.2) is 13.2 Å². The van der Waals surface area contributed by atoms with Crippen molar-refractivity contribution in [1.82, 2.24) is 5.32 Å². The number of aliphatic hydroxyl groups is 1. The van der Waals surface area contributed by atoms with Crippen LogP contribution in [0.5, 0.6) is 0 Å². The molecule has 0 radical (unpaired) electrons. The lowest BCUT2D eigenvalue weighted by Crippen LogP contribution is -2.39. The first-order valence-electron chi connectivity index (χ1n) is 6.16. The molecule has 0 bridgehead atoms. The monoisotopic (exact) mass is 275 g/mol. The fourth-order valence-corrected chi connectivity index (χ4v) is 2.24. The molecular weight excluding hydrogens is 259 g/mol. The summed E-state index contributed by atoms with van der Waals surface area (Å²) in [4.78, 5) is 0. The number of hydrogen-bond donors (Lipinski definition) is 2. The largest absolute Gasteiger partial charge is 0.394 e. The van der Waals surface area contributed by atoms with Crippen LogP contribution in [0.3, 0.4) is 0 Å². The van der Waals surface area contributed by atoms with Gasteiger partial charge in [0.2, 0.25) is 0 Å². The van der Waals surface area contributed by atoms with Crippen LogP contribution < -0.4 is 5.32 Å². The zero-order valence-corrected chi connectivity index (χ0v) is 10.5. The van der Waals surface area contributed by atoms with Gasteiger partial charge in [-0.05, 0) is 31.0 Å². The van der Waals surface area contributed by atoms with Crippen molar-refractivity contribution in [3.63, 3.8) is 0 Å². The zero-order valence-electron chi connectivity index (χ0n) is 10.5. The number of nitrogens with one attached hydrogen (secondary N) is 1. The van der Waals surface area contributed by atoms with Gasteiger partial charge in [0.15, 0.2) is 17.5 Å². The third-order valence-corrected chi connectivity index (χ3v) is 3.38. The van der Waals surface area contributed by atoms with Crippen LogP contribution in [0.1, 0.15) is 24.9 Å². The molecule has 3 atom stereocenters. The maximum Gasteiger partial charge on any atom is 0.194 e. The zero-order chi connectivity index (χ0) is 14.0. The number of rotatable bonds is 4. The molecular formula is C13H16F3NO2. The summed E-state index contributed by atoms with van der Waals surface area (Å²) in [6.45, 7) is 2.14. The summed E-state index contributed by atoms with van der Waals surface area (Å²) in [6.07, 6.45) is 0.716. The van der Waals surface area contributed by atoms with Gasteiger partial charge >= 0.3 is 0 Å². The van der Waals surface area contributed by atoms with Crippen molar-refractivity contribution in [2.75, 3.05) is 13.2 Å². The molecule has 1 aromatic rings. The van der Waals surface area contributed by atoms with E-state index in [0.29, 0.717) is 6.61 Å². The van der Waals surface area contributed by atoms with E-state index in [4.69, 9.17) is 4.74 Å². The van der Waals surface area contributed by atoms with Crippen LogP contribution in [0.2, 0.25) is 0 Å². The first-order valence-corrected chi connectivity index (χ1v) is 6.16. The molecule has 1 saturated heterocycles. The Hall–Kier alpha value is -1.11. The van der Waals surface area contributed by atoms with Gasteiger partial charge in [-0.15, -0.1) is 0 Å². The van der Waals surface area contributed by atoms with Crippen molar-refractivity contribution in [3.8, 4) is 0 Å². The van der Waals surface area contributed by atoms with Gasteiger partial charge in [0.1, 0.15) is 0 Å².